The van der Waals surface area contributed by atoms with Crippen LogP contribution < -0.4 is 10.7 Å². The summed E-state index contributed by atoms with van der Waals surface area (Å²) in [5, 5.41) is 4.56. The first-order chi connectivity index (χ1) is 29.2. The van der Waals surface area contributed by atoms with Crippen LogP contribution in [0.5, 0.6) is 0 Å². The number of nitrogens with one attached hydrogen (secondary N) is 2. The first-order valence-corrected chi connectivity index (χ1v) is 29.2. The molecule has 0 bridgehead atoms. The Labute approximate surface area is 389 Å². The van der Waals surface area contributed by atoms with Crippen LogP contribution in [0.15, 0.2) is 83.3 Å². The molecule has 1 aliphatic heterocycles. The van der Waals surface area contributed by atoms with Gasteiger partial charge in [0, 0.05) is 30.5 Å². The molecular weight excluding hydrogens is 889 g/mol. The summed E-state index contributed by atoms with van der Waals surface area (Å²) in [4.78, 5) is 44.8. The molecular formula is C50H75BrN4O6Si2. The average molecular weight is 964 g/mol. The molecule has 3 amide bonds. The molecule has 1 fully saturated rings. The molecule has 0 aromatic heterocycles. The third kappa shape index (κ3) is 11.9. The largest absolute Gasteiger partial charge is 0.453 e. The van der Waals surface area contributed by atoms with E-state index in [1.54, 1.807) is 0 Å². The van der Waals surface area contributed by atoms with Crippen LogP contribution in [0, 0.1) is 10.8 Å². The zero-order valence-electron chi connectivity index (χ0n) is 40.5. The van der Waals surface area contributed by atoms with Gasteiger partial charge in [-0.3, -0.25) is 15.0 Å². The molecule has 10 nitrogen and oxygen atoms in total. The lowest BCUT2D eigenvalue weighted by molar-refractivity contribution is -0.142. The fourth-order valence-corrected chi connectivity index (χ4v) is 11.4. The highest BCUT2D eigenvalue weighted by Crippen LogP contribution is 2.52. The quantitative estimate of drug-likeness (QED) is 0.109. The number of hydrogen-bond donors (Lipinski definition) is 2. The molecule has 346 valence electrons. The number of methoxy groups -OCH3 is 1. The van der Waals surface area contributed by atoms with Crippen LogP contribution >= 0.6 is 15.9 Å². The van der Waals surface area contributed by atoms with Gasteiger partial charge < -0.3 is 23.8 Å². The predicted molar refractivity (Wildman–Crippen MR) is 262 cm³/mol. The van der Waals surface area contributed by atoms with E-state index < -0.39 is 45.7 Å². The average Bonchev–Trinajstić information content (AvgIpc) is 3.65. The SMILES string of the molecule is COC(=O)N[C@H](C(=O)NN(CCC[C@@]1(Cc2ccccc2)C(=O)N([C@H]2c3ccccc3C[C@H]2O[Si](C)(C)C(C)(C)C)C[C@H]1O[Si](C)(C)C(C)(C)C)Cc1ccc(Br)cc1)C(C)(C)C. The van der Waals surface area contributed by atoms with Gasteiger partial charge in [0.2, 0.25) is 5.91 Å². The third-order valence-corrected chi connectivity index (χ3v) is 23.7. The van der Waals surface area contributed by atoms with E-state index in [4.69, 9.17) is 13.6 Å². The number of rotatable bonds is 16. The van der Waals surface area contributed by atoms with Gasteiger partial charge in [0.05, 0.1) is 30.8 Å². The lowest BCUT2D eigenvalue weighted by Crippen LogP contribution is -2.57. The van der Waals surface area contributed by atoms with Crippen molar-refractivity contribution in [2.45, 2.75) is 155 Å². The lowest BCUT2D eigenvalue weighted by atomic mass is 9.74. The molecule has 2 N–H and O–H groups in total. The van der Waals surface area contributed by atoms with Crippen LogP contribution in [0.3, 0.4) is 0 Å². The van der Waals surface area contributed by atoms with Gasteiger partial charge in [-0.2, -0.15) is 0 Å². The number of benzene rings is 3. The molecule has 1 saturated heterocycles. The standard InChI is InChI=1S/C50H75BrN4O6Si2/c1-47(2,3)43(52-46(58)59-10)44(56)53-54(33-36-25-27-38(51)28-26-36)30-20-29-50(32-35-21-16-15-17-22-35)41(61-63(13,14)49(7,8)9)34-55(45(50)57)42-39-24-19-18-23-37(39)31-40(42)60-62(11,12)48(4,5)6/h15-19,21-28,40-43H,20,29-34H2,1-14H3,(H,52,58)(H,53,56)/t40-,41-,42+,43-,50+/m1/s1. The minimum atomic E-state index is -2.43. The Kier molecular flexibility index (Phi) is 15.8. The van der Waals surface area contributed by atoms with E-state index in [2.05, 4.69) is 136 Å². The second-order valence-electron chi connectivity index (χ2n) is 22.0. The van der Waals surface area contributed by atoms with Crippen molar-refractivity contribution in [1.29, 1.82) is 0 Å². The van der Waals surface area contributed by atoms with Gasteiger partial charge in [-0.05, 0) is 95.3 Å². The van der Waals surface area contributed by atoms with Gasteiger partial charge in [-0.15, -0.1) is 0 Å². The van der Waals surface area contributed by atoms with Crippen molar-refractivity contribution < 1.29 is 28.0 Å². The van der Waals surface area contributed by atoms with Gasteiger partial charge >= 0.3 is 6.09 Å². The molecule has 5 rings (SSSR count). The maximum atomic E-state index is 16.1. The fraction of sp³-hybridized carbons (Fsp3) is 0.580. The number of ether oxygens (including phenoxy) is 1. The first kappa shape index (κ1) is 50.7. The minimum absolute atomic E-state index is 0.00774. The van der Waals surface area contributed by atoms with Crippen molar-refractivity contribution in [1.82, 2.24) is 20.7 Å². The number of hydrogen-bond acceptors (Lipinski definition) is 7. The van der Waals surface area contributed by atoms with E-state index in [1.807, 2.05) is 68.2 Å². The van der Waals surface area contributed by atoms with E-state index in [-0.39, 0.29) is 34.0 Å². The van der Waals surface area contributed by atoms with Crippen LogP contribution in [-0.4, -0.2) is 82.9 Å². The molecule has 0 radical (unpaired) electrons. The van der Waals surface area contributed by atoms with Gasteiger partial charge in [0.25, 0.3) is 5.91 Å². The van der Waals surface area contributed by atoms with E-state index >= 15 is 4.79 Å². The number of halogens is 1. The molecule has 0 unspecified atom stereocenters. The molecule has 1 aliphatic carbocycles. The summed E-state index contributed by atoms with van der Waals surface area (Å²) in [6.45, 7) is 29.8. The van der Waals surface area contributed by atoms with E-state index in [9.17, 15) is 9.59 Å². The normalized spacial score (nSPS) is 21.4. The second-order valence-corrected chi connectivity index (χ2v) is 32.4. The Balaban J connectivity index is 1.58. The fourth-order valence-electron chi connectivity index (χ4n) is 8.50. The van der Waals surface area contributed by atoms with Crippen LogP contribution in [0.4, 0.5) is 4.79 Å². The summed E-state index contributed by atoms with van der Waals surface area (Å²) >= 11 is 3.56. The summed E-state index contributed by atoms with van der Waals surface area (Å²) < 4.78 is 20.7. The predicted octanol–water partition coefficient (Wildman–Crippen LogP) is 11.0. The highest BCUT2D eigenvalue weighted by Gasteiger charge is 2.60. The van der Waals surface area contributed by atoms with Crippen molar-refractivity contribution in [2.75, 3.05) is 20.2 Å². The molecule has 0 saturated carbocycles. The molecule has 0 spiro atoms. The molecule has 63 heavy (non-hydrogen) atoms. The minimum Gasteiger partial charge on any atom is -0.453 e. The summed E-state index contributed by atoms with van der Waals surface area (Å²) in [5.41, 5.74) is 6.12. The van der Waals surface area contributed by atoms with Crippen LogP contribution in [-0.2, 0) is 42.6 Å². The number of nitrogens with zero attached hydrogens (tertiary/aromatic N) is 2. The Morgan fingerprint density at radius 3 is 2.02 bits per heavy atom. The Morgan fingerprint density at radius 2 is 1.43 bits per heavy atom. The van der Waals surface area contributed by atoms with E-state index in [1.165, 1.54) is 12.7 Å². The first-order valence-electron chi connectivity index (χ1n) is 22.6. The van der Waals surface area contributed by atoms with Crippen LogP contribution in [0.25, 0.3) is 0 Å². The maximum Gasteiger partial charge on any atom is 0.407 e. The number of fused-ring (bicyclic) bond motifs is 1. The molecule has 3 aromatic rings. The number of hydrazine groups is 1. The Hall–Kier alpha value is -3.34. The lowest BCUT2D eigenvalue weighted by Gasteiger charge is -2.43. The van der Waals surface area contributed by atoms with E-state index in [0.29, 0.717) is 38.9 Å². The zero-order valence-corrected chi connectivity index (χ0v) is 44.1. The molecule has 2 aliphatic rings. The third-order valence-electron chi connectivity index (χ3n) is 14.2. The monoisotopic (exact) mass is 962 g/mol. The van der Waals surface area contributed by atoms with Gasteiger partial charge in [-0.25, -0.2) is 9.80 Å². The van der Waals surface area contributed by atoms with Gasteiger partial charge in [0.15, 0.2) is 16.6 Å². The second kappa shape index (κ2) is 19.6. The summed E-state index contributed by atoms with van der Waals surface area (Å²) in [7, 11) is -3.39. The van der Waals surface area contributed by atoms with Gasteiger partial charge in [-0.1, -0.05) is 145 Å². The summed E-state index contributed by atoms with van der Waals surface area (Å²) in [6, 6.07) is 25.8. The van der Waals surface area contributed by atoms with Crippen molar-refractivity contribution in [3.63, 3.8) is 0 Å². The van der Waals surface area contributed by atoms with Crippen molar-refractivity contribution in [2.24, 2.45) is 10.8 Å². The number of amides is 3. The molecule has 1 heterocycles. The number of alkyl carbamates (subject to hydrolysis) is 1. The van der Waals surface area contributed by atoms with Gasteiger partial charge in [0.1, 0.15) is 6.04 Å². The summed E-state index contributed by atoms with van der Waals surface area (Å²) in [6.07, 6.45) is 1.12. The number of carbonyl (C=O) groups is 3. The van der Waals surface area contributed by atoms with Crippen LogP contribution in [0.2, 0.25) is 36.3 Å². The summed E-state index contributed by atoms with van der Waals surface area (Å²) in [5.74, 6) is -0.252. The Bertz CT molecular complexity index is 2050. The molecule has 3 aromatic carbocycles. The molecule has 13 heteroatoms. The smallest absolute Gasteiger partial charge is 0.407 e. The zero-order chi connectivity index (χ0) is 46.8. The van der Waals surface area contributed by atoms with Crippen molar-refractivity contribution in [3.05, 3.63) is 106 Å². The highest BCUT2D eigenvalue weighted by atomic mass is 79.9. The van der Waals surface area contributed by atoms with Crippen molar-refractivity contribution in [3.8, 4) is 0 Å². The van der Waals surface area contributed by atoms with Crippen LogP contribution in [0.1, 0.15) is 103 Å². The van der Waals surface area contributed by atoms with Crippen molar-refractivity contribution >= 4 is 50.5 Å². The van der Waals surface area contributed by atoms with E-state index in [0.717, 1.165) is 27.6 Å². The maximum absolute atomic E-state index is 16.1. The Morgan fingerprint density at radius 1 is 0.841 bits per heavy atom. The number of carbonyl (C=O) groups excluding carboxylic acids is 3. The highest BCUT2D eigenvalue weighted by molar-refractivity contribution is 9.10. The number of likely N-dealkylation sites (tertiary alicyclic amines) is 1. The topological polar surface area (TPSA) is 109 Å². The molecule has 5 atom stereocenters.